The number of halogens is 1. The molecule has 36 heavy (non-hydrogen) atoms. The minimum atomic E-state index is -0.433. The molecule has 1 saturated heterocycles. The topological polar surface area (TPSA) is 94.0 Å². The number of carbonyl (C=O) groups excluding carboxylic acids is 2. The molecule has 0 aliphatic carbocycles. The monoisotopic (exact) mass is 548 g/mol. The summed E-state index contributed by atoms with van der Waals surface area (Å²) in [5.74, 6) is -0.736. The zero-order valence-electron chi connectivity index (χ0n) is 20.1. The van der Waals surface area contributed by atoms with E-state index in [1.54, 1.807) is 36.5 Å². The Labute approximate surface area is 219 Å². The number of benzene rings is 3. The molecular weight excluding hydrogens is 520 g/mol. The molecule has 8 heteroatoms. The van der Waals surface area contributed by atoms with Crippen LogP contribution in [0.5, 0.6) is 0 Å². The summed E-state index contributed by atoms with van der Waals surface area (Å²) < 4.78 is 0.711. The maximum Gasteiger partial charge on any atom is 0.273 e. The second-order valence-electron chi connectivity index (χ2n) is 8.96. The van der Waals surface area contributed by atoms with Crippen molar-refractivity contribution in [3.05, 3.63) is 99.0 Å². The summed E-state index contributed by atoms with van der Waals surface area (Å²) in [5.41, 5.74) is 6.80. The number of aryl methyl sites for hydroxylation is 1. The highest BCUT2D eigenvalue weighted by atomic mass is 79.9. The smallest absolute Gasteiger partial charge is 0.273 e. The van der Waals surface area contributed by atoms with Gasteiger partial charge in [-0.25, -0.2) is 5.43 Å². The number of carbonyl (C=O) groups is 2. The van der Waals surface area contributed by atoms with Gasteiger partial charge in [-0.3, -0.25) is 14.5 Å². The number of aliphatic hydroxyl groups excluding tert-OH is 1. The van der Waals surface area contributed by atoms with E-state index in [2.05, 4.69) is 36.7 Å². The minimum Gasteiger partial charge on any atom is -0.393 e. The summed E-state index contributed by atoms with van der Waals surface area (Å²) in [6.45, 7) is 4.51. The van der Waals surface area contributed by atoms with Gasteiger partial charge in [0.25, 0.3) is 11.8 Å². The lowest BCUT2D eigenvalue weighted by Gasteiger charge is -2.29. The Morgan fingerprint density at radius 1 is 1.06 bits per heavy atom. The Kier molecular flexibility index (Phi) is 8.64. The van der Waals surface area contributed by atoms with Gasteiger partial charge in [-0.05, 0) is 61.2 Å². The average molecular weight is 549 g/mol. The Morgan fingerprint density at radius 2 is 1.81 bits per heavy atom. The molecule has 1 heterocycles. The number of likely N-dealkylation sites (tertiary alicyclic amines) is 1. The number of nitrogens with one attached hydrogen (secondary N) is 2. The third kappa shape index (κ3) is 7.10. The number of piperidine rings is 1. The zero-order valence-corrected chi connectivity index (χ0v) is 21.7. The van der Waals surface area contributed by atoms with E-state index in [1.807, 2.05) is 43.3 Å². The SMILES string of the molecule is Cc1cccc(/C=N/NC(=O)c2cc(Br)ccc2NC(=O)c2ccc(CN3CCC(O)CC3)cc2)c1. The molecule has 3 aromatic rings. The van der Waals surface area contributed by atoms with Crippen molar-refractivity contribution < 1.29 is 14.7 Å². The van der Waals surface area contributed by atoms with Crippen molar-refractivity contribution in [3.63, 3.8) is 0 Å². The fourth-order valence-corrected chi connectivity index (χ4v) is 4.44. The quantitative estimate of drug-likeness (QED) is 0.294. The van der Waals surface area contributed by atoms with Gasteiger partial charge in [-0.15, -0.1) is 0 Å². The fourth-order valence-electron chi connectivity index (χ4n) is 4.08. The summed E-state index contributed by atoms with van der Waals surface area (Å²) in [7, 11) is 0. The van der Waals surface area contributed by atoms with E-state index in [9.17, 15) is 14.7 Å². The minimum absolute atomic E-state index is 0.196. The van der Waals surface area contributed by atoms with Crippen LogP contribution in [0.4, 0.5) is 5.69 Å². The molecule has 0 unspecified atom stereocenters. The number of amides is 2. The highest BCUT2D eigenvalue weighted by Crippen LogP contribution is 2.22. The van der Waals surface area contributed by atoms with Crippen molar-refractivity contribution in [2.75, 3.05) is 18.4 Å². The highest BCUT2D eigenvalue weighted by molar-refractivity contribution is 9.10. The predicted molar refractivity (Wildman–Crippen MR) is 145 cm³/mol. The summed E-state index contributed by atoms with van der Waals surface area (Å²) in [6.07, 6.45) is 2.97. The molecule has 0 bridgehead atoms. The van der Waals surface area contributed by atoms with Crippen LogP contribution >= 0.6 is 15.9 Å². The van der Waals surface area contributed by atoms with Crippen LogP contribution < -0.4 is 10.7 Å². The Morgan fingerprint density at radius 3 is 2.53 bits per heavy atom. The lowest BCUT2D eigenvalue weighted by atomic mass is 10.1. The number of aliphatic hydroxyl groups is 1. The van der Waals surface area contributed by atoms with Crippen LogP contribution in [0.2, 0.25) is 0 Å². The van der Waals surface area contributed by atoms with Gasteiger partial charge in [0.05, 0.1) is 23.6 Å². The molecular formula is C28H29BrN4O3. The molecule has 186 valence electrons. The average Bonchev–Trinajstić information content (AvgIpc) is 2.87. The van der Waals surface area contributed by atoms with Gasteiger partial charge in [-0.1, -0.05) is 57.9 Å². The maximum absolute atomic E-state index is 12.9. The molecule has 0 atom stereocenters. The van der Waals surface area contributed by atoms with Crippen LogP contribution in [-0.4, -0.2) is 47.2 Å². The third-order valence-electron chi connectivity index (χ3n) is 6.08. The van der Waals surface area contributed by atoms with Gasteiger partial charge in [0.1, 0.15) is 0 Å². The van der Waals surface area contributed by atoms with Gasteiger partial charge < -0.3 is 10.4 Å². The number of rotatable bonds is 7. The predicted octanol–water partition coefficient (Wildman–Crippen LogP) is 4.73. The first-order valence-electron chi connectivity index (χ1n) is 11.9. The van der Waals surface area contributed by atoms with Crippen LogP contribution in [0.25, 0.3) is 0 Å². The highest BCUT2D eigenvalue weighted by Gasteiger charge is 2.18. The lowest BCUT2D eigenvalue weighted by molar-refractivity contribution is 0.0792. The molecule has 1 aliphatic rings. The Bertz CT molecular complexity index is 1250. The van der Waals surface area contributed by atoms with Crippen LogP contribution in [0.3, 0.4) is 0 Å². The third-order valence-corrected chi connectivity index (χ3v) is 6.57. The molecule has 0 aromatic heterocycles. The van der Waals surface area contributed by atoms with Gasteiger partial charge >= 0.3 is 0 Å². The number of hydrazone groups is 1. The van der Waals surface area contributed by atoms with Crippen molar-refractivity contribution in [1.29, 1.82) is 0 Å². The largest absolute Gasteiger partial charge is 0.393 e. The van der Waals surface area contributed by atoms with Crippen LogP contribution in [0.1, 0.15) is 50.2 Å². The van der Waals surface area contributed by atoms with Crippen molar-refractivity contribution in [2.24, 2.45) is 5.10 Å². The number of hydrogen-bond acceptors (Lipinski definition) is 5. The van der Waals surface area contributed by atoms with Crippen LogP contribution in [0, 0.1) is 6.92 Å². The second kappa shape index (κ2) is 12.1. The standard InChI is InChI=1S/C28H29BrN4O3/c1-19-3-2-4-21(15-19)17-30-32-28(36)25-16-23(29)9-10-26(25)31-27(35)22-7-5-20(6-8-22)18-33-13-11-24(34)12-14-33/h2-10,15-17,24,34H,11-14,18H2,1H3,(H,31,35)(H,32,36)/b30-17+. The molecule has 2 amide bonds. The number of nitrogens with zero attached hydrogens (tertiary/aromatic N) is 2. The van der Waals surface area contributed by atoms with Crippen molar-refractivity contribution >= 4 is 39.6 Å². The van der Waals surface area contributed by atoms with E-state index in [0.717, 1.165) is 49.2 Å². The summed E-state index contributed by atoms with van der Waals surface area (Å²) in [6, 6.07) is 20.3. The maximum atomic E-state index is 12.9. The molecule has 3 N–H and O–H groups in total. The van der Waals surface area contributed by atoms with Crippen molar-refractivity contribution in [1.82, 2.24) is 10.3 Å². The summed E-state index contributed by atoms with van der Waals surface area (Å²) in [4.78, 5) is 28.1. The van der Waals surface area contributed by atoms with Gasteiger partial charge in [0, 0.05) is 29.7 Å². The first-order valence-corrected chi connectivity index (χ1v) is 12.7. The molecule has 1 fully saturated rings. The first-order chi connectivity index (χ1) is 17.4. The van der Waals surface area contributed by atoms with E-state index in [4.69, 9.17) is 0 Å². The van der Waals surface area contributed by atoms with Crippen LogP contribution in [-0.2, 0) is 6.54 Å². The van der Waals surface area contributed by atoms with Crippen molar-refractivity contribution in [2.45, 2.75) is 32.4 Å². The van der Waals surface area contributed by atoms with Crippen molar-refractivity contribution in [3.8, 4) is 0 Å². The molecule has 0 saturated carbocycles. The van der Waals surface area contributed by atoms with E-state index in [0.29, 0.717) is 21.3 Å². The van der Waals surface area contributed by atoms with Gasteiger partial charge in [0.15, 0.2) is 0 Å². The second-order valence-corrected chi connectivity index (χ2v) is 9.88. The summed E-state index contributed by atoms with van der Waals surface area (Å²) >= 11 is 3.39. The molecule has 0 spiro atoms. The molecule has 7 nitrogen and oxygen atoms in total. The van der Waals surface area contributed by atoms with Gasteiger partial charge in [0.2, 0.25) is 0 Å². The first kappa shape index (κ1) is 25.8. The Balaban J connectivity index is 1.40. The van der Waals surface area contributed by atoms with E-state index >= 15 is 0 Å². The zero-order chi connectivity index (χ0) is 25.5. The lowest BCUT2D eigenvalue weighted by Crippen LogP contribution is -2.35. The van der Waals surface area contributed by atoms with Crippen LogP contribution in [0.15, 0.2) is 76.3 Å². The molecule has 1 aliphatic heterocycles. The van der Waals surface area contributed by atoms with Gasteiger partial charge in [-0.2, -0.15) is 5.10 Å². The Hall–Kier alpha value is -3.33. The molecule has 3 aromatic carbocycles. The van der Waals surface area contributed by atoms with E-state index in [1.165, 1.54) is 0 Å². The normalized spacial score (nSPS) is 14.6. The molecule has 4 rings (SSSR count). The van der Waals surface area contributed by atoms with E-state index in [-0.39, 0.29) is 12.0 Å². The van der Waals surface area contributed by atoms with E-state index < -0.39 is 5.91 Å². The number of hydrogen-bond donors (Lipinski definition) is 3. The summed E-state index contributed by atoms with van der Waals surface area (Å²) in [5, 5.41) is 16.6. The molecule has 0 radical (unpaired) electrons. The fraction of sp³-hybridized carbons (Fsp3) is 0.250. The number of anilines is 1.